The Morgan fingerprint density at radius 3 is 2.50 bits per heavy atom. The predicted molar refractivity (Wildman–Crippen MR) is 113 cm³/mol. The summed E-state index contributed by atoms with van der Waals surface area (Å²) in [5.41, 5.74) is 4.37. The van der Waals surface area contributed by atoms with Crippen molar-refractivity contribution in [3.8, 4) is 11.3 Å². The molecule has 3 aromatic rings. The van der Waals surface area contributed by atoms with Gasteiger partial charge in [-0.1, -0.05) is 45.9 Å². The molecule has 0 aliphatic carbocycles. The Labute approximate surface area is 168 Å². The molecule has 0 radical (unpaired) electrons. The Bertz CT molecular complexity index is 1070. The van der Waals surface area contributed by atoms with E-state index in [2.05, 4.69) is 61.3 Å². The van der Waals surface area contributed by atoms with E-state index in [0.717, 1.165) is 15.9 Å². The quantitative estimate of drug-likeness (QED) is 0.693. The number of benzene rings is 1. The molecule has 0 aliphatic rings. The lowest BCUT2D eigenvalue weighted by Gasteiger charge is -2.15. The van der Waals surface area contributed by atoms with E-state index in [4.69, 9.17) is 0 Å². The zero-order valence-electron chi connectivity index (χ0n) is 16.7. The van der Waals surface area contributed by atoms with Crippen LogP contribution in [0.5, 0.6) is 0 Å². The van der Waals surface area contributed by atoms with Crippen LogP contribution in [0.2, 0.25) is 0 Å². The van der Waals surface area contributed by atoms with Crippen molar-refractivity contribution < 1.29 is 4.79 Å². The normalized spacial score (nSPS) is 11.2. The minimum Gasteiger partial charge on any atom is -0.296 e. The average molecular weight is 397 g/mol. The standard InChI is InChI=1S/C21H24N4O2S/c1-12(2)14-6-7-15(16(10-14)13(3)4)18-11-28-21(22-18)23-20(27)17-8-9-19(26)25(5)24-17/h6-13H,1-5H3,(H,22,23,27). The van der Waals surface area contributed by atoms with E-state index < -0.39 is 5.91 Å². The van der Waals surface area contributed by atoms with Crippen LogP contribution in [-0.2, 0) is 7.05 Å². The summed E-state index contributed by atoms with van der Waals surface area (Å²) in [6.45, 7) is 8.71. The number of amides is 1. The van der Waals surface area contributed by atoms with Gasteiger partial charge in [0.05, 0.1) is 5.69 Å². The molecule has 0 spiro atoms. The minimum absolute atomic E-state index is 0.169. The number of rotatable bonds is 5. The Balaban J connectivity index is 1.87. The summed E-state index contributed by atoms with van der Waals surface area (Å²) in [4.78, 5) is 28.4. The van der Waals surface area contributed by atoms with E-state index in [0.29, 0.717) is 17.0 Å². The van der Waals surface area contributed by atoms with Crippen molar-refractivity contribution in [1.29, 1.82) is 0 Å². The molecule has 0 bridgehead atoms. The maximum absolute atomic E-state index is 12.4. The molecule has 146 valence electrons. The van der Waals surface area contributed by atoms with Gasteiger partial charge in [-0.2, -0.15) is 5.10 Å². The largest absolute Gasteiger partial charge is 0.296 e. The average Bonchev–Trinajstić information content (AvgIpc) is 3.11. The minimum atomic E-state index is -0.393. The first kappa shape index (κ1) is 19.9. The van der Waals surface area contributed by atoms with Gasteiger partial charge in [-0.15, -0.1) is 11.3 Å². The molecule has 7 heteroatoms. The highest BCUT2D eigenvalue weighted by atomic mass is 32.1. The number of aryl methyl sites for hydroxylation is 1. The molecular weight excluding hydrogens is 372 g/mol. The molecule has 0 unspecified atom stereocenters. The fourth-order valence-electron chi connectivity index (χ4n) is 2.89. The summed E-state index contributed by atoms with van der Waals surface area (Å²) in [5.74, 6) is 0.435. The number of aromatic nitrogens is 3. The van der Waals surface area contributed by atoms with Gasteiger partial charge in [-0.05, 0) is 29.0 Å². The fourth-order valence-corrected chi connectivity index (χ4v) is 3.60. The number of carbonyl (C=O) groups excluding carboxylic acids is 1. The van der Waals surface area contributed by atoms with Gasteiger partial charge in [-0.25, -0.2) is 9.67 Å². The van der Waals surface area contributed by atoms with Crippen LogP contribution >= 0.6 is 11.3 Å². The Morgan fingerprint density at radius 1 is 1.11 bits per heavy atom. The smallest absolute Gasteiger partial charge is 0.277 e. The van der Waals surface area contributed by atoms with E-state index in [1.807, 2.05) is 5.38 Å². The summed E-state index contributed by atoms with van der Waals surface area (Å²) < 4.78 is 1.13. The van der Waals surface area contributed by atoms with Gasteiger partial charge >= 0.3 is 0 Å². The molecule has 0 saturated heterocycles. The summed E-state index contributed by atoms with van der Waals surface area (Å²) in [7, 11) is 1.51. The monoisotopic (exact) mass is 396 g/mol. The van der Waals surface area contributed by atoms with Gasteiger partial charge in [0.15, 0.2) is 5.13 Å². The Hall–Kier alpha value is -2.80. The van der Waals surface area contributed by atoms with E-state index in [9.17, 15) is 9.59 Å². The van der Waals surface area contributed by atoms with Crippen LogP contribution < -0.4 is 10.9 Å². The summed E-state index contributed by atoms with van der Waals surface area (Å²) in [5, 5.41) is 9.17. The lowest BCUT2D eigenvalue weighted by atomic mass is 9.90. The van der Waals surface area contributed by atoms with Crippen LogP contribution in [0, 0.1) is 0 Å². The van der Waals surface area contributed by atoms with Gasteiger partial charge in [0.2, 0.25) is 0 Å². The van der Waals surface area contributed by atoms with Gasteiger partial charge < -0.3 is 0 Å². The number of nitrogens with zero attached hydrogens (tertiary/aromatic N) is 3. The van der Waals surface area contributed by atoms with Gasteiger partial charge in [0.25, 0.3) is 11.5 Å². The fraction of sp³-hybridized carbons (Fsp3) is 0.333. The molecule has 28 heavy (non-hydrogen) atoms. The molecule has 2 heterocycles. The van der Waals surface area contributed by atoms with Crippen LogP contribution in [0.4, 0.5) is 5.13 Å². The molecule has 2 aromatic heterocycles. The molecule has 0 atom stereocenters. The highest BCUT2D eigenvalue weighted by molar-refractivity contribution is 7.14. The van der Waals surface area contributed by atoms with Crippen molar-refractivity contribution >= 4 is 22.4 Å². The third kappa shape index (κ3) is 4.20. The van der Waals surface area contributed by atoms with Crippen LogP contribution in [0.25, 0.3) is 11.3 Å². The summed E-state index contributed by atoms with van der Waals surface area (Å²) in [6, 6.07) is 9.22. The molecular formula is C21H24N4O2S. The maximum atomic E-state index is 12.4. The molecule has 1 aromatic carbocycles. The molecule has 3 rings (SSSR count). The molecule has 1 N–H and O–H groups in total. The van der Waals surface area contributed by atoms with E-state index >= 15 is 0 Å². The first-order valence-electron chi connectivity index (χ1n) is 9.21. The SMILES string of the molecule is CC(C)c1ccc(-c2csc(NC(=O)c3ccc(=O)n(C)n3)n2)c(C(C)C)c1. The van der Waals surface area contributed by atoms with Gasteiger partial charge in [-0.3, -0.25) is 14.9 Å². The molecule has 0 aliphatic heterocycles. The predicted octanol–water partition coefficient (Wildman–Crippen LogP) is 4.40. The second-order valence-corrected chi connectivity index (χ2v) is 8.19. The van der Waals surface area contributed by atoms with Gasteiger partial charge in [0.1, 0.15) is 5.69 Å². The number of anilines is 1. The third-order valence-corrected chi connectivity index (χ3v) is 5.32. The van der Waals surface area contributed by atoms with E-state index in [1.54, 1.807) is 0 Å². The van der Waals surface area contributed by atoms with Crippen LogP contribution in [0.3, 0.4) is 0 Å². The highest BCUT2D eigenvalue weighted by Crippen LogP contribution is 2.33. The van der Waals surface area contributed by atoms with Crippen molar-refractivity contribution in [1.82, 2.24) is 14.8 Å². The van der Waals surface area contributed by atoms with E-state index in [1.165, 1.54) is 41.6 Å². The Kier molecular flexibility index (Phi) is 5.74. The summed E-state index contributed by atoms with van der Waals surface area (Å²) in [6.07, 6.45) is 0. The third-order valence-electron chi connectivity index (χ3n) is 4.56. The van der Waals surface area contributed by atoms with Crippen molar-refractivity contribution in [3.05, 3.63) is 62.9 Å². The zero-order chi connectivity index (χ0) is 20.4. The van der Waals surface area contributed by atoms with Crippen molar-refractivity contribution in [2.24, 2.45) is 7.05 Å². The highest BCUT2D eigenvalue weighted by Gasteiger charge is 2.16. The van der Waals surface area contributed by atoms with Crippen LogP contribution in [0.15, 0.2) is 40.5 Å². The molecule has 0 fully saturated rings. The number of nitrogens with one attached hydrogen (secondary N) is 1. The lowest BCUT2D eigenvalue weighted by molar-refractivity contribution is 0.102. The topological polar surface area (TPSA) is 76.9 Å². The van der Waals surface area contributed by atoms with E-state index in [-0.39, 0.29) is 11.3 Å². The van der Waals surface area contributed by atoms with Crippen molar-refractivity contribution in [3.63, 3.8) is 0 Å². The maximum Gasteiger partial charge on any atom is 0.277 e. The van der Waals surface area contributed by atoms with Crippen LogP contribution in [0.1, 0.15) is 61.1 Å². The lowest BCUT2D eigenvalue weighted by Crippen LogP contribution is -2.23. The molecule has 1 amide bonds. The number of hydrogen-bond acceptors (Lipinski definition) is 5. The van der Waals surface area contributed by atoms with Crippen molar-refractivity contribution in [2.75, 3.05) is 5.32 Å². The molecule has 0 saturated carbocycles. The molecule has 6 nitrogen and oxygen atoms in total. The summed E-state index contributed by atoms with van der Waals surface area (Å²) >= 11 is 1.37. The second kappa shape index (κ2) is 8.06. The Morgan fingerprint density at radius 2 is 1.86 bits per heavy atom. The first-order valence-corrected chi connectivity index (χ1v) is 10.1. The van der Waals surface area contributed by atoms with Crippen LogP contribution in [-0.4, -0.2) is 20.7 Å². The number of thiazole rings is 1. The zero-order valence-corrected chi connectivity index (χ0v) is 17.5. The van der Waals surface area contributed by atoms with Gasteiger partial charge in [0, 0.05) is 24.1 Å². The second-order valence-electron chi connectivity index (χ2n) is 7.33. The number of carbonyl (C=O) groups is 1. The number of hydrogen-bond donors (Lipinski definition) is 1. The first-order chi connectivity index (χ1) is 13.3. The van der Waals surface area contributed by atoms with Crippen molar-refractivity contribution in [2.45, 2.75) is 39.5 Å².